The number of anilines is 1. The molecule has 2 aromatic carbocycles. The number of nitrogens with zero attached hydrogens (tertiary/aromatic N) is 3. The SMILES string of the molecule is CCc1ccc(-c2csc(/C(C#N)=C\Nc3ccc(C(=O)OCCN(CC)CC)cc3)n2)cc1. The third-order valence-corrected chi connectivity index (χ3v) is 6.43. The highest BCUT2D eigenvalue weighted by Gasteiger charge is 2.10. The largest absolute Gasteiger partial charge is 0.461 e. The van der Waals surface area contributed by atoms with Crippen LogP contribution in [0.15, 0.2) is 60.1 Å². The summed E-state index contributed by atoms with van der Waals surface area (Å²) in [7, 11) is 0. The maximum Gasteiger partial charge on any atom is 0.338 e. The van der Waals surface area contributed by atoms with Crippen molar-refractivity contribution in [2.75, 3.05) is 31.6 Å². The summed E-state index contributed by atoms with van der Waals surface area (Å²) in [4.78, 5) is 19.1. The van der Waals surface area contributed by atoms with Gasteiger partial charge in [-0.2, -0.15) is 5.26 Å². The lowest BCUT2D eigenvalue weighted by atomic mass is 10.1. The predicted octanol–water partition coefficient (Wildman–Crippen LogP) is 5.85. The monoisotopic (exact) mass is 474 g/mol. The first-order valence-corrected chi connectivity index (χ1v) is 12.4. The Bertz CT molecular complexity index is 1140. The molecule has 0 aliphatic rings. The van der Waals surface area contributed by atoms with Crippen LogP contribution in [0, 0.1) is 11.3 Å². The zero-order valence-electron chi connectivity index (χ0n) is 19.9. The minimum absolute atomic E-state index is 0.339. The fraction of sp³-hybridized carbons (Fsp3) is 0.296. The highest BCUT2D eigenvalue weighted by atomic mass is 32.1. The van der Waals surface area contributed by atoms with Crippen molar-refractivity contribution in [1.29, 1.82) is 5.26 Å². The average Bonchev–Trinajstić information content (AvgIpc) is 3.37. The smallest absolute Gasteiger partial charge is 0.338 e. The van der Waals surface area contributed by atoms with Gasteiger partial charge in [-0.05, 0) is 49.3 Å². The van der Waals surface area contributed by atoms with Crippen LogP contribution in [0.3, 0.4) is 0 Å². The highest BCUT2D eigenvalue weighted by Crippen LogP contribution is 2.26. The standard InChI is InChI=1S/C27H30N4O2S/c1-4-20-7-9-21(10-8-20)25-19-34-26(30-25)23(17-28)18-29-24-13-11-22(12-14-24)27(32)33-16-15-31(5-2)6-3/h7-14,18-19,29H,4-6,15-16H2,1-3H3/b23-18-. The topological polar surface area (TPSA) is 78.2 Å². The number of carbonyl (C=O) groups is 1. The van der Waals surface area contributed by atoms with Crippen LogP contribution >= 0.6 is 11.3 Å². The molecule has 0 aliphatic heterocycles. The van der Waals surface area contributed by atoms with Gasteiger partial charge < -0.3 is 15.0 Å². The summed E-state index contributed by atoms with van der Waals surface area (Å²) in [5.41, 5.74) is 4.87. The number of aromatic nitrogens is 1. The Morgan fingerprint density at radius 2 is 1.82 bits per heavy atom. The molecule has 7 heteroatoms. The van der Waals surface area contributed by atoms with Crippen LogP contribution in [0.4, 0.5) is 5.69 Å². The van der Waals surface area contributed by atoms with E-state index in [4.69, 9.17) is 4.74 Å². The van der Waals surface area contributed by atoms with Crippen LogP contribution < -0.4 is 5.32 Å². The zero-order valence-corrected chi connectivity index (χ0v) is 20.7. The molecule has 0 bridgehead atoms. The number of nitriles is 1. The number of allylic oxidation sites excluding steroid dienone is 1. The molecule has 0 saturated heterocycles. The van der Waals surface area contributed by atoms with Gasteiger partial charge in [-0.25, -0.2) is 9.78 Å². The summed E-state index contributed by atoms with van der Waals surface area (Å²) in [5.74, 6) is -0.339. The van der Waals surface area contributed by atoms with Crippen molar-refractivity contribution in [3.05, 3.63) is 76.2 Å². The van der Waals surface area contributed by atoms with Crippen molar-refractivity contribution in [1.82, 2.24) is 9.88 Å². The van der Waals surface area contributed by atoms with Gasteiger partial charge in [0.05, 0.1) is 11.3 Å². The Labute approximate surface area is 205 Å². The van der Waals surface area contributed by atoms with Gasteiger partial charge >= 0.3 is 5.97 Å². The van der Waals surface area contributed by atoms with Crippen LogP contribution in [0.5, 0.6) is 0 Å². The third kappa shape index (κ3) is 6.77. The molecule has 6 nitrogen and oxygen atoms in total. The summed E-state index contributed by atoms with van der Waals surface area (Å²) in [6, 6.07) is 17.5. The highest BCUT2D eigenvalue weighted by molar-refractivity contribution is 7.11. The van der Waals surface area contributed by atoms with E-state index in [1.165, 1.54) is 16.9 Å². The van der Waals surface area contributed by atoms with E-state index in [0.717, 1.165) is 43.0 Å². The van der Waals surface area contributed by atoms with Gasteiger partial charge in [-0.15, -0.1) is 11.3 Å². The van der Waals surface area contributed by atoms with Gasteiger partial charge in [0, 0.05) is 29.4 Å². The molecule has 0 saturated carbocycles. The summed E-state index contributed by atoms with van der Waals surface area (Å²) >= 11 is 1.43. The van der Waals surface area contributed by atoms with Crippen LogP contribution in [0.2, 0.25) is 0 Å². The second-order valence-corrected chi connectivity index (χ2v) is 8.50. The zero-order chi connectivity index (χ0) is 24.3. The predicted molar refractivity (Wildman–Crippen MR) is 139 cm³/mol. The first-order chi connectivity index (χ1) is 16.6. The van der Waals surface area contributed by atoms with Crippen LogP contribution in [0.25, 0.3) is 16.8 Å². The van der Waals surface area contributed by atoms with Crippen LogP contribution in [0.1, 0.15) is 41.7 Å². The Morgan fingerprint density at radius 1 is 1.12 bits per heavy atom. The second kappa shape index (κ2) is 12.7. The number of thiazole rings is 1. The number of hydrogen-bond acceptors (Lipinski definition) is 7. The molecule has 1 aromatic heterocycles. The van der Waals surface area contributed by atoms with Gasteiger partial charge in [0.2, 0.25) is 0 Å². The molecule has 0 unspecified atom stereocenters. The molecular weight excluding hydrogens is 444 g/mol. The summed E-state index contributed by atoms with van der Waals surface area (Å²) in [6.45, 7) is 9.25. The van der Waals surface area contributed by atoms with Crippen molar-refractivity contribution < 1.29 is 9.53 Å². The van der Waals surface area contributed by atoms with E-state index in [0.29, 0.717) is 22.8 Å². The second-order valence-electron chi connectivity index (χ2n) is 7.64. The molecule has 0 spiro atoms. The van der Waals surface area contributed by atoms with Gasteiger partial charge in [0.1, 0.15) is 23.3 Å². The summed E-state index contributed by atoms with van der Waals surface area (Å²) in [6.07, 6.45) is 2.63. The molecule has 0 aliphatic carbocycles. The lowest BCUT2D eigenvalue weighted by Gasteiger charge is -2.17. The lowest BCUT2D eigenvalue weighted by Crippen LogP contribution is -2.27. The molecular formula is C27H30N4O2S. The Balaban J connectivity index is 1.60. The van der Waals surface area contributed by atoms with E-state index in [-0.39, 0.29) is 5.97 Å². The maximum atomic E-state index is 12.2. The molecule has 3 rings (SSSR count). The van der Waals surface area contributed by atoms with E-state index in [9.17, 15) is 10.1 Å². The van der Waals surface area contributed by atoms with E-state index >= 15 is 0 Å². The van der Waals surface area contributed by atoms with E-state index < -0.39 is 0 Å². The Hall–Kier alpha value is -3.47. The number of hydrogen-bond donors (Lipinski definition) is 1. The van der Waals surface area contributed by atoms with Crippen LogP contribution in [-0.2, 0) is 11.2 Å². The number of benzene rings is 2. The molecule has 1 heterocycles. The van der Waals surface area contributed by atoms with Gasteiger partial charge in [0.15, 0.2) is 0 Å². The number of nitrogens with one attached hydrogen (secondary N) is 1. The molecule has 176 valence electrons. The molecule has 3 aromatic rings. The normalized spacial score (nSPS) is 11.3. The first kappa shape index (κ1) is 25.2. The minimum Gasteiger partial charge on any atom is -0.461 e. The van der Waals surface area contributed by atoms with E-state index in [1.807, 2.05) is 5.38 Å². The molecule has 0 fully saturated rings. The summed E-state index contributed by atoms with van der Waals surface area (Å²) in [5, 5.41) is 15.4. The van der Waals surface area contributed by atoms with Crippen molar-refractivity contribution in [3.63, 3.8) is 0 Å². The number of likely N-dealkylation sites (N-methyl/N-ethyl adjacent to an activating group) is 1. The number of carbonyl (C=O) groups excluding carboxylic acids is 1. The first-order valence-electron chi connectivity index (χ1n) is 11.5. The number of aryl methyl sites for hydroxylation is 1. The van der Waals surface area contributed by atoms with Crippen LogP contribution in [-0.4, -0.2) is 42.1 Å². The van der Waals surface area contributed by atoms with Crippen molar-refractivity contribution in [2.45, 2.75) is 27.2 Å². The van der Waals surface area contributed by atoms with E-state index in [2.05, 4.69) is 66.3 Å². The molecule has 1 N–H and O–H groups in total. The third-order valence-electron chi connectivity index (χ3n) is 5.55. The van der Waals surface area contributed by atoms with Crippen molar-refractivity contribution in [2.24, 2.45) is 0 Å². The quantitative estimate of drug-likeness (QED) is 0.278. The van der Waals surface area contributed by atoms with Gasteiger partial charge in [-0.1, -0.05) is 45.0 Å². The molecule has 0 radical (unpaired) electrons. The summed E-state index contributed by atoms with van der Waals surface area (Å²) < 4.78 is 5.36. The Morgan fingerprint density at radius 3 is 2.44 bits per heavy atom. The fourth-order valence-corrected chi connectivity index (χ4v) is 4.13. The van der Waals surface area contributed by atoms with Gasteiger partial charge in [0.25, 0.3) is 0 Å². The van der Waals surface area contributed by atoms with Gasteiger partial charge in [-0.3, -0.25) is 0 Å². The number of rotatable bonds is 11. The lowest BCUT2D eigenvalue weighted by molar-refractivity contribution is 0.0466. The van der Waals surface area contributed by atoms with Crippen molar-refractivity contribution in [3.8, 4) is 17.3 Å². The maximum absolute atomic E-state index is 12.2. The number of esters is 1. The van der Waals surface area contributed by atoms with E-state index in [1.54, 1.807) is 30.5 Å². The molecule has 0 atom stereocenters. The Kier molecular flexibility index (Phi) is 9.39. The average molecular weight is 475 g/mol. The van der Waals surface area contributed by atoms with Crippen molar-refractivity contribution >= 4 is 28.6 Å². The fourth-order valence-electron chi connectivity index (χ4n) is 3.33. The molecule has 0 amide bonds. The number of ether oxygens (including phenoxy) is 1. The minimum atomic E-state index is -0.339. The molecule has 34 heavy (non-hydrogen) atoms.